The van der Waals surface area contributed by atoms with Gasteiger partial charge in [-0.25, -0.2) is 0 Å². The number of likely N-dealkylation sites (tertiary alicyclic amines) is 1. The van der Waals surface area contributed by atoms with Gasteiger partial charge in [0.25, 0.3) is 0 Å². The Labute approximate surface area is 141 Å². The van der Waals surface area contributed by atoms with Crippen LogP contribution < -0.4 is 4.74 Å². The molecule has 1 aromatic rings. The highest BCUT2D eigenvalue weighted by molar-refractivity contribution is 5.36. The maximum Gasteiger partial charge on any atom is 0.122 e. The van der Waals surface area contributed by atoms with Crippen LogP contribution in [0.4, 0.5) is 0 Å². The lowest BCUT2D eigenvalue weighted by atomic mass is 9.79. The molecule has 2 saturated carbocycles. The molecule has 1 aliphatic heterocycles. The second-order valence-electron chi connectivity index (χ2n) is 8.09. The average molecular weight is 313 g/mol. The summed E-state index contributed by atoms with van der Waals surface area (Å²) in [5.74, 6) is 4.91. The fraction of sp³-hybridized carbons (Fsp3) is 0.714. The zero-order chi connectivity index (χ0) is 15.6. The van der Waals surface area contributed by atoms with Crippen molar-refractivity contribution in [2.24, 2.45) is 17.8 Å². The van der Waals surface area contributed by atoms with Gasteiger partial charge in [-0.1, -0.05) is 31.0 Å². The molecule has 0 amide bonds. The van der Waals surface area contributed by atoms with Gasteiger partial charge >= 0.3 is 0 Å². The van der Waals surface area contributed by atoms with Gasteiger partial charge < -0.3 is 9.64 Å². The van der Waals surface area contributed by atoms with Crippen LogP contribution in [-0.2, 0) is 0 Å². The van der Waals surface area contributed by atoms with Crippen LogP contribution >= 0.6 is 0 Å². The van der Waals surface area contributed by atoms with E-state index in [-0.39, 0.29) is 0 Å². The van der Waals surface area contributed by atoms with Crippen LogP contribution in [0, 0.1) is 17.8 Å². The summed E-state index contributed by atoms with van der Waals surface area (Å²) in [6, 6.07) is 8.61. The summed E-state index contributed by atoms with van der Waals surface area (Å²) in [5.41, 5.74) is 1.42. The highest BCUT2D eigenvalue weighted by Crippen LogP contribution is 2.46. The molecule has 2 bridgehead atoms. The number of piperidine rings is 1. The summed E-state index contributed by atoms with van der Waals surface area (Å²) >= 11 is 0. The van der Waals surface area contributed by atoms with E-state index in [9.17, 15) is 0 Å². The summed E-state index contributed by atoms with van der Waals surface area (Å²) in [4.78, 5) is 2.76. The third-order valence-corrected chi connectivity index (χ3v) is 6.85. The topological polar surface area (TPSA) is 12.5 Å². The molecule has 4 rings (SSSR count). The Balaban J connectivity index is 1.32. The molecule has 1 aromatic carbocycles. The summed E-state index contributed by atoms with van der Waals surface area (Å²) in [5, 5.41) is 0. The van der Waals surface area contributed by atoms with E-state index in [0.717, 1.165) is 23.5 Å². The smallest absolute Gasteiger partial charge is 0.122 e. The highest BCUT2D eigenvalue weighted by Gasteiger charge is 2.36. The van der Waals surface area contributed by atoms with Gasteiger partial charge in [-0.2, -0.15) is 0 Å². The first-order valence-corrected chi connectivity index (χ1v) is 9.68. The van der Waals surface area contributed by atoms with Crippen molar-refractivity contribution >= 4 is 0 Å². The van der Waals surface area contributed by atoms with Crippen LogP contribution in [0.25, 0.3) is 0 Å². The molecule has 0 radical (unpaired) electrons. The minimum atomic E-state index is 0.685. The minimum absolute atomic E-state index is 0.685. The second-order valence-corrected chi connectivity index (χ2v) is 8.09. The molecule has 1 saturated heterocycles. The molecule has 3 atom stereocenters. The number of nitrogens with zero attached hydrogens (tertiary/aromatic N) is 1. The molecule has 3 aliphatic rings. The zero-order valence-electron chi connectivity index (χ0n) is 14.5. The fourth-order valence-electron chi connectivity index (χ4n) is 5.49. The number of hydrogen-bond acceptors (Lipinski definition) is 2. The predicted octanol–water partition coefficient (Wildman–Crippen LogP) is 4.70. The SMILES string of the molecule is COc1ccccc1C1CCN(CC2CCC3CCC2C3)CC1. The van der Waals surface area contributed by atoms with Crippen molar-refractivity contribution in [1.82, 2.24) is 4.90 Å². The van der Waals surface area contributed by atoms with E-state index in [4.69, 9.17) is 4.74 Å². The molecule has 1 heterocycles. The normalized spacial score (nSPS) is 32.1. The molecular formula is C21H31NO. The Bertz CT molecular complexity index is 520. The maximum atomic E-state index is 5.57. The molecule has 2 nitrogen and oxygen atoms in total. The maximum absolute atomic E-state index is 5.57. The molecule has 3 fully saturated rings. The van der Waals surface area contributed by atoms with Gasteiger partial charge in [-0.3, -0.25) is 0 Å². The van der Waals surface area contributed by atoms with Crippen molar-refractivity contribution in [2.45, 2.75) is 50.9 Å². The molecule has 0 N–H and O–H groups in total. The molecule has 126 valence electrons. The van der Waals surface area contributed by atoms with Crippen LogP contribution in [0.3, 0.4) is 0 Å². The lowest BCUT2D eigenvalue weighted by molar-refractivity contribution is 0.132. The van der Waals surface area contributed by atoms with Crippen LogP contribution in [0.2, 0.25) is 0 Å². The van der Waals surface area contributed by atoms with E-state index in [0.29, 0.717) is 5.92 Å². The first kappa shape index (κ1) is 15.5. The monoisotopic (exact) mass is 313 g/mol. The number of fused-ring (bicyclic) bond motifs is 2. The zero-order valence-corrected chi connectivity index (χ0v) is 14.5. The molecule has 0 aromatic heterocycles. The molecule has 23 heavy (non-hydrogen) atoms. The number of methoxy groups -OCH3 is 1. The van der Waals surface area contributed by atoms with E-state index in [1.54, 1.807) is 13.5 Å². The Morgan fingerprint density at radius 2 is 1.78 bits per heavy atom. The number of benzene rings is 1. The summed E-state index contributed by atoms with van der Waals surface area (Å²) in [7, 11) is 1.80. The van der Waals surface area contributed by atoms with E-state index >= 15 is 0 Å². The van der Waals surface area contributed by atoms with Gasteiger partial charge in [0, 0.05) is 6.54 Å². The number of ether oxygens (including phenoxy) is 1. The van der Waals surface area contributed by atoms with E-state index in [1.807, 2.05) is 0 Å². The molecular weight excluding hydrogens is 282 g/mol. The van der Waals surface area contributed by atoms with Gasteiger partial charge in [0.05, 0.1) is 7.11 Å². The fourth-order valence-corrected chi connectivity index (χ4v) is 5.49. The van der Waals surface area contributed by atoms with E-state index in [1.165, 1.54) is 63.7 Å². The third kappa shape index (κ3) is 3.28. The summed E-state index contributed by atoms with van der Waals surface area (Å²) in [6.45, 7) is 3.92. The number of rotatable bonds is 4. The average Bonchev–Trinajstić information content (AvgIpc) is 3.00. The number of para-hydroxylation sites is 1. The van der Waals surface area contributed by atoms with Crippen LogP contribution in [-0.4, -0.2) is 31.6 Å². The highest BCUT2D eigenvalue weighted by atomic mass is 16.5. The standard InChI is InChI=1S/C21H31NO/c1-23-21-5-3-2-4-20(21)17-10-12-22(13-11-17)15-19-9-7-16-6-8-18(19)14-16/h2-5,16-19H,6-15H2,1H3. The molecule has 2 aliphatic carbocycles. The van der Waals surface area contributed by atoms with Crippen molar-refractivity contribution in [3.05, 3.63) is 29.8 Å². The lowest BCUT2D eigenvalue weighted by Crippen LogP contribution is -2.39. The van der Waals surface area contributed by atoms with Gasteiger partial charge in [0.1, 0.15) is 5.75 Å². The molecule has 0 spiro atoms. The van der Waals surface area contributed by atoms with Gasteiger partial charge in [0.2, 0.25) is 0 Å². The lowest BCUT2D eigenvalue weighted by Gasteiger charge is -2.37. The summed E-state index contributed by atoms with van der Waals surface area (Å²) < 4.78 is 5.57. The Morgan fingerprint density at radius 3 is 2.61 bits per heavy atom. The Kier molecular flexibility index (Phi) is 4.61. The van der Waals surface area contributed by atoms with E-state index < -0.39 is 0 Å². The Hall–Kier alpha value is -1.02. The summed E-state index contributed by atoms with van der Waals surface area (Å²) in [6.07, 6.45) is 10.2. The second kappa shape index (κ2) is 6.84. The van der Waals surface area contributed by atoms with Crippen LogP contribution in [0.5, 0.6) is 5.75 Å². The first-order valence-electron chi connectivity index (χ1n) is 9.68. The van der Waals surface area contributed by atoms with Gasteiger partial charge in [-0.05, 0) is 80.5 Å². The van der Waals surface area contributed by atoms with Gasteiger partial charge in [0.15, 0.2) is 0 Å². The first-order chi connectivity index (χ1) is 11.3. The van der Waals surface area contributed by atoms with Crippen molar-refractivity contribution in [3.8, 4) is 5.75 Å². The van der Waals surface area contributed by atoms with Crippen molar-refractivity contribution in [2.75, 3.05) is 26.7 Å². The largest absolute Gasteiger partial charge is 0.496 e. The quantitative estimate of drug-likeness (QED) is 0.799. The number of hydrogen-bond donors (Lipinski definition) is 0. The molecule has 3 unspecified atom stereocenters. The predicted molar refractivity (Wildman–Crippen MR) is 95.0 cm³/mol. The Morgan fingerprint density at radius 1 is 1.00 bits per heavy atom. The van der Waals surface area contributed by atoms with Crippen LogP contribution in [0.1, 0.15) is 56.4 Å². The van der Waals surface area contributed by atoms with Crippen molar-refractivity contribution < 1.29 is 4.74 Å². The third-order valence-electron chi connectivity index (χ3n) is 6.85. The van der Waals surface area contributed by atoms with Crippen molar-refractivity contribution in [3.63, 3.8) is 0 Å². The minimum Gasteiger partial charge on any atom is -0.496 e. The van der Waals surface area contributed by atoms with Crippen LogP contribution in [0.15, 0.2) is 24.3 Å². The molecule has 2 heteroatoms. The van der Waals surface area contributed by atoms with Crippen molar-refractivity contribution in [1.29, 1.82) is 0 Å². The van der Waals surface area contributed by atoms with Gasteiger partial charge in [-0.15, -0.1) is 0 Å². The van der Waals surface area contributed by atoms with E-state index in [2.05, 4.69) is 29.2 Å².